The van der Waals surface area contributed by atoms with Crippen molar-refractivity contribution in [2.24, 2.45) is 0 Å². The highest BCUT2D eigenvalue weighted by atomic mass is 16.6. The standard InChI is InChI=1S/C19H13NO3/c21-19-16-10-13-8-4-5-9-14(13)15(16)11-17(20(22)23)18(19)12-6-2-1-3-7-12/h1-9,11,21H,10H2. The molecule has 1 aliphatic rings. The van der Waals surface area contributed by atoms with Gasteiger partial charge in [0.25, 0.3) is 5.69 Å². The Morgan fingerprint density at radius 2 is 1.65 bits per heavy atom. The normalized spacial score (nSPS) is 11.8. The summed E-state index contributed by atoms with van der Waals surface area (Å²) in [7, 11) is 0. The molecule has 0 amide bonds. The van der Waals surface area contributed by atoms with Gasteiger partial charge < -0.3 is 5.11 Å². The highest BCUT2D eigenvalue weighted by Gasteiger charge is 2.30. The molecule has 0 bridgehead atoms. The van der Waals surface area contributed by atoms with E-state index in [1.54, 1.807) is 30.3 Å². The van der Waals surface area contributed by atoms with Gasteiger partial charge in [0.1, 0.15) is 11.3 Å². The molecule has 0 saturated heterocycles. The van der Waals surface area contributed by atoms with Crippen LogP contribution in [0.2, 0.25) is 0 Å². The lowest BCUT2D eigenvalue weighted by Crippen LogP contribution is -1.96. The second-order valence-corrected chi connectivity index (χ2v) is 5.60. The SMILES string of the molecule is O=[N+]([O-])c1cc2c(c(O)c1-c1ccccc1)Cc1ccccc1-2. The third-order valence-corrected chi connectivity index (χ3v) is 4.32. The lowest BCUT2D eigenvalue weighted by Gasteiger charge is -2.11. The Labute approximate surface area is 132 Å². The van der Waals surface area contributed by atoms with E-state index in [0.717, 1.165) is 22.3 Å². The summed E-state index contributed by atoms with van der Waals surface area (Å²) in [6.45, 7) is 0. The van der Waals surface area contributed by atoms with Crippen molar-refractivity contribution in [3.63, 3.8) is 0 Å². The van der Waals surface area contributed by atoms with Crippen LogP contribution in [0.5, 0.6) is 5.75 Å². The van der Waals surface area contributed by atoms with Gasteiger partial charge in [0.2, 0.25) is 0 Å². The number of nitrogens with zero attached hydrogens (tertiary/aromatic N) is 1. The molecular formula is C19H13NO3. The molecule has 0 fully saturated rings. The highest BCUT2D eigenvalue weighted by molar-refractivity contribution is 5.90. The van der Waals surface area contributed by atoms with Crippen LogP contribution in [0.4, 0.5) is 5.69 Å². The summed E-state index contributed by atoms with van der Waals surface area (Å²) in [6.07, 6.45) is 0.592. The fourth-order valence-corrected chi connectivity index (χ4v) is 3.28. The number of benzene rings is 3. The van der Waals surface area contributed by atoms with Crippen LogP contribution in [0.25, 0.3) is 22.3 Å². The molecule has 4 nitrogen and oxygen atoms in total. The fourth-order valence-electron chi connectivity index (χ4n) is 3.28. The van der Waals surface area contributed by atoms with Gasteiger partial charge >= 0.3 is 0 Å². The van der Waals surface area contributed by atoms with E-state index in [1.807, 2.05) is 30.3 Å². The molecule has 1 aliphatic carbocycles. The molecule has 0 unspecified atom stereocenters. The zero-order valence-corrected chi connectivity index (χ0v) is 12.2. The monoisotopic (exact) mass is 303 g/mol. The minimum atomic E-state index is -0.427. The summed E-state index contributed by atoms with van der Waals surface area (Å²) < 4.78 is 0. The van der Waals surface area contributed by atoms with Gasteiger partial charge in [-0.05, 0) is 22.3 Å². The zero-order valence-electron chi connectivity index (χ0n) is 12.2. The minimum absolute atomic E-state index is 0.0107. The fraction of sp³-hybridized carbons (Fsp3) is 0.0526. The topological polar surface area (TPSA) is 63.4 Å². The Morgan fingerprint density at radius 3 is 2.39 bits per heavy atom. The number of fused-ring (bicyclic) bond motifs is 3. The molecule has 0 atom stereocenters. The van der Waals surface area contributed by atoms with Gasteiger partial charge in [-0.2, -0.15) is 0 Å². The summed E-state index contributed by atoms with van der Waals surface area (Å²) in [5.74, 6) is 0.0107. The summed E-state index contributed by atoms with van der Waals surface area (Å²) in [5, 5.41) is 22.3. The third-order valence-electron chi connectivity index (χ3n) is 4.32. The number of nitro groups is 1. The average Bonchev–Trinajstić information content (AvgIpc) is 2.95. The average molecular weight is 303 g/mol. The van der Waals surface area contributed by atoms with Crippen LogP contribution in [-0.4, -0.2) is 10.0 Å². The number of hydrogen-bond donors (Lipinski definition) is 1. The molecule has 0 saturated carbocycles. The second-order valence-electron chi connectivity index (χ2n) is 5.60. The van der Waals surface area contributed by atoms with Crippen LogP contribution in [0.1, 0.15) is 11.1 Å². The van der Waals surface area contributed by atoms with Gasteiger partial charge in [0.05, 0.1) is 4.92 Å². The van der Waals surface area contributed by atoms with Gasteiger partial charge in [0, 0.05) is 18.1 Å². The first-order chi connectivity index (χ1) is 11.2. The Bertz CT molecular complexity index is 933. The molecule has 3 aromatic carbocycles. The summed E-state index contributed by atoms with van der Waals surface area (Å²) in [4.78, 5) is 11.1. The highest BCUT2D eigenvalue weighted by Crippen LogP contribution is 2.49. The largest absolute Gasteiger partial charge is 0.507 e. The van der Waals surface area contributed by atoms with Crippen LogP contribution in [0, 0.1) is 10.1 Å². The van der Waals surface area contributed by atoms with Crippen molar-refractivity contribution >= 4 is 5.69 Å². The van der Waals surface area contributed by atoms with Crippen LogP contribution in [-0.2, 0) is 6.42 Å². The van der Waals surface area contributed by atoms with Crippen molar-refractivity contribution in [2.75, 3.05) is 0 Å². The summed E-state index contributed by atoms with van der Waals surface area (Å²) in [6, 6.07) is 18.4. The molecule has 4 heteroatoms. The zero-order chi connectivity index (χ0) is 16.0. The van der Waals surface area contributed by atoms with E-state index in [9.17, 15) is 15.2 Å². The van der Waals surface area contributed by atoms with Crippen LogP contribution >= 0.6 is 0 Å². The van der Waals surface area contributed by atoms with Gasteiger partial charge in [-0.1, -0.05) is 54.6 Å². The maximum absolute atomic E-state index is 11.6. The second kappa shape index (κ2) is 4.95. The lowest BCUT2D eigenvalue weighted by atomic mass is 9.95. The first-order valence-corrected chi connectivity index (χ1v) is 7.33. The van der Waals surface area contributed by atoms with Crippen molar-refractivity contribution in [3.05, 3.63) is 81.9 Å². The molecule has 1 N–H and O–H groups in total. The lowest BCUT2D eigenvalue weighted by molar-refractivity contribution is -0.384. The summed E-state index contributed by atoms with van der Waals surface area (Å²) >= 11 is 0. The minimum Gasteiger partial charge on any atom is -0.507 e. The number of phenols is 1. The van der Waals surface area contributed by atoms with E-state index in [-0.39, 0.29) is 11.4 Å². The number of aromatic hydroxyl groups is 1. The molecule has 0 aliphatic heterocycles. The Kier molecular flexibility index (Phi) is 2.91. The van der Waals surface area contributed by atoms with E-state index in [4.69, 9.17) is 0 Å². The number of rotatable bonds is 2. The molecule has 0 heterocycles. The first kappa shape index (κ1) is 13.5. The Morgan fingerprint density at radius 1 is 0.957 bits per heavy atom. The molecule has 0 aromatic heterocycles. The Balaban J connectivity index is 2.04. The van der Waals surface area contributed by atoms with E-state index in [0.29, 0.717) is 17.5 Å². The van der Waals surface area contributed by atoms with Crippen molar-refractivity contribution in [2.45, 2.75) is 6.42 Å². The predicted molar refractivity (Wildman–Crippen MR) is 88.4 cm³/mol. The third kappa shape index (κ3) is 1.99. The van der Waals surface area contributed by atoms with Crippen molar-refractivity contribution in [1.82, 2.24) is 0 Å². The maximum atomic E-state index is 11.6. The molecule has 0 radical (unpaired) electrons. The van der Waals surface area contributed by atoms with Crippen LogP contribution in [0.3, 0.4) is 0 Å². The number of nitro benzene ring substituents is 1. The van der Waals surface area contributed by atoms with Crippen molar-refractivity contribution in [1.29, 1.82) is 0 Å². The first-order valence-electron chi connectivity index (χ1n) is 7.33. The maximum Gasteiger partial charge on any atom is 0.281 e. The molecule has 23 heavy (non-hydrogen) atoms. The van der Waals surface area contributed by atoms with Gasteiger partial charge in [-0.3, -0.25) is 10.1 Å². The van der Waals surface area contributed by atoms with E-state index in [2.05, 4.69) is 0 Å². The van der Waals surface area contributed by atoms with E-state index in [1.165, 1.54) is 0 Å². The molecule has 3 aromatic rings. The van der Waals surface area contributed by atoms with Gasteiger partial charge in [-0.15, -0.1) is 0 Å². The molecule has 112 valence electrons. The number of phenolic OH excluding ortho intramolecular Hbond substituents is 1. The van der Waals surface area contributed by atoms with Gasteiger partial charge in [-0.25, -0.2) is 0 Å². The smallest absolute Gasteiger partial charge is 0.281 e. The summed E-state index contributed by atoms with van der Waals surface area (Å²) in [5.41, 5.74) is 4.43. The van der Waals surface area contributed by atoms with Crippen molar-refractivity contribution in [3.8, 4) is 28.0 Å². The molecule has 0 spiro atoms. The van der Waals surface area contributed by atoms with Crippen LogP contribution in [0.15, 0.2) is 60.7 Å². The quantitative estimate of drug-likeness (QED) is 0.437. The Hall–Kier alpha value is -3.14. The van der Waals surface area contributed by atoms with E-state index < -0.39 is 4.92 Å². The van der Waals surface area contributed by atoms with Gasteiger partial charge in [0.15, 0.2) is 0 Å². The number of hydrogen-bond acceptors (Lipinski definition) is 3. The molecule has 4 rings (SSSR count). The van der Waals surface area contributed by atoms with Crippen LogP contribution < -0.4 is 0 Å². The van der Waals surface area contributed by atoms with E-state index >= 15 is 0 Å². The predicted octanol–water partition coefficient (Wildman–Crippen LogP) is 4.54. The molecular weight excluding hydrogens is 290 g/mol. The van der Waals surface area contributed by atoms with Crippen molar-refractivity contribution < 1.29 is 10.0 Å².